The third-order valence-corrected chi connectivity index (χ3v) is 3.07. The molecule has 5 nitrogen and oxygen atoms in total. The van der Waals surface area contributed by atoms with Gasteiger partial charge in [-0.3, -0.25) is 4.79 Å². The van der Waals surface area contributed by atoms with Gasteiger partial charge in [0.1, 0.15) is 18.4 Å². The molecule has 0 bridgehead atoms. The molecule has 18 heavy (non-hydrogen) atoms. The first-order valence-electron chi connectivity index (χ1n) is 5.66. The summed E-state index contributed by atoms with van der Waals surface area (Å²) in [4.78, 5) is 13.4. The van der Waals surface area contributed by atoms with Crippen molar-refractivity contribution in [2.45, 2.75) is 6.04 Å². The number of hydrogen-bond acceptors (Lipinski definition) is 4. The van der Waals surface area contributed by atoms with Gasteiger partial charge in [0.15, 0.2) is 0 Å². The number of nitrogens with two attached hydrogens (primary N) is 1. The lowest BCUT2D eigenvalue weighted by Gasteiger charge is -2.13. The van der Waals surface area contributed by atoms with Crippen molar-refractivity contribution in [2.75, 3.05) is 32.6 Å². The van der Waals surface area contributed by atoms with Gasteiger partial charge in [-0.2, -0.15) is 0 Å². The highest BCUT2D eigenvalue weighted by molar-refractivity contribution is 6.32. The summed E-state index contributed by atoms with van der Waals surface area (Å²) in [5.74, 6) is 0.346. The molecule has 0 radical (unpaired) electrons. The minimum absolute atomic E-state index is 0.216. The molecule has 0 aromatic heterocycles. The van der Waals surface area contributed by atoms with Gasteiger partial charge in [-0.05, 0) is 20.2 Å². The Kier molecular flexibility index (Phi) is 3.75. The second-order valence-corrected chi connectivity index (χ2v) is 4.90. The highest BCUT2D eigenvalue weighted by Gasteiger charge is 2.28. The minimum Gasteiger partial charge on any atom is -0.491 e. The molecule has 2 rings (SSSR count). The van der Waals surface area contributed by atoms with Crippen molar-refractivity contribution in [3.63, 3.8) is 0 Å². The van der Waals surface area contributed by atoms with Crippen molar-refractivity contribution >= 4 is 23.2 Å². The molecule has 0 saturated heterocycles. The summed E-state index contributed by atoms with van der Waals surface area (Å²) in [6, 6.07) is 2.76. The Morgan fingerprint density at radius 3 is 2.89 bits per heavy atom. The number of halogens is 1. The lowest BCUT2D eigenvalue weighted by Crippen LogP contribution is -2.19. The van der Waals surface area contributed by atoms with E-state index in [0.29, 0.717) is 28.6 Å². The van der Waals surface area contributed by atoms with Crippen molar-refractivity contribution in [3.8, 4) is 5.75 Å². The molecule has 0 spiro atoms. The van der Waals surface area contributed by atoms with E-state index in [4.69, 9.17) is 22.1 Å². The van der Waals surface area contributed by atoms with Gasteiger partial charge in [0, 0.05) is 23.9 Å². The van der Waals surface area contributed by atoms with Crippen LogP contribution in [0.2, 0.25) is 5.02 Å². The monoisotopic (exact) mass is 269 g/mol. The Labute approximate surface area is 111 Å². The second kappa shape index (κ2) is 5.14. The van der Waals surface area contributed by atoms with Crippen LogP contribution in [0.5, 0.6) is 5.75 Å². The van der Waals surface area contributed by atoms with Crippen LogP contribution in [-0.4, -0.2) is 38.1 Å². The van der Waals surface area contributed by atoms with Crippen molar-refractivity contribution in [1.29, 1.82) is 0 Å². The Bertz CT molecular complexity index is 477. The molecule has 1 atom stereocenters. The molecule has 0 aliphatic carbocycles. The number of ether oxygens (including phenoxy) is 1. The predicted molar refractivity (Wildman–Crippen MR) is 71.1 cm³/mol. The average molecular weight is 270 g/mol. The summed E-state index contributed by atoms with van der Waals surface area (Å²) < 4.78 is 5.58. The van der Waals surface area contributed by atoms with Crippen LogP contribution in [0, 0.1) is 0 Å². The Morgan fingerprint density at radius 1 is 1.50 bits per heavy atom. The number of likely N-dealkylation sites (N-methyl/N-ethyl adjacent to an activating group) is 1. The summed E-state index contributed by atoms with van der Waals surface area (Å²) in [5.41, 5.74) is 7.12. The number of benzene rings is 1. The molecule has 1 aromatic rings. The first-order chi connectivity index (χ1) is 8.49. The number of nitrogens with zero attached hydrogens (tertiary/aromatic N) is 1. The largest absolute Gasteiger partial charge is 0.491 e. The molecule has 1 heterocycles. The number of anilines is 1. The summed E-state index contributed by atoms with van der Waals surface area (Å²) in [6.07, 6.45) is 0. The molecular formula is C12H16ClN3O2. The Balaban J connectivity index is 2.14. The zero-order valence-electron chi connectivity index (χ0n) is 10.4. The van der Waals surface area contributed by atoms with Crippen LogP contribution in [0.25, 0.3) is 0 Å². The molecule has 3 N–H and O–H groups in total. The average Bonchev–Trinajstić information content (AvgIpc) is 2.55. The molecular weight excluding hydrogens is 254 g/mol. The van der Waals surface area contributed by atoms with Crippen molar-refractivity contribution in [3.05, 3.63) is 22.7 Å². The van der Waals surface area contributed by atoms with Crippen LogP contribution in [0.3, 0.4) is 0 Å². The number of carbonyl (C=O) groups is 1. The van der Waals surface area contributed by atoms with E-state index in [2.05, 4.69) is 5.32 Å². The Morgan fingerprint density at radius 2 is 2.22 bits per heavy atom. The van der Waals surface area contributed by atoms with Crippen molar-refractivity contribution in [2.24, 2.45) is 5.73 Å². The molecule has 1 aliphatic heterocycles. The first-order valence-corrected chi connectivity index (χ1v) is 6.04. The quantitative estimate of drug-likeness (QED) is 0.863. The third kappa shape index (κ3) is 2.58. The second-order valence-electron chi connectivity index (χ2n) is 4.49. The minimum atomic E-state index is -0.645. The number of nitrogens with one attached hydrogen (secondary N) is 1. The van der Waals surface area contributed by atoms with Crippen LogP contribution < -0.4 is 15.8 Å². The molecule has 1 aliphatic rings. The van der Waals surface area contributed by atoms with Gasteiger partial charge in [0.2, 0.25) is 5.91 Å². The molecule has 1 aromatic carbocycles. The summed E-state index contributed by atoms with van der Waals surface area (Å²) >= 11 is 6.10. The van der Waals surface area contributed by atoms with Crippen LogP contribution in [0.4, 0.5) is 5.69 Å². The number of amides is 1. The third-order valence-electron chi connectivity index (χ3n) is 2.78. The van der Waals surface area contributed by atoms with E-state index in [9.17, 15) is 4.79 Å². The van der Waals surface area contributed by atoms with Crippen LogP contribution in [-0.2, 0) is 4.79 Å². The number of carbonyl (C=O) groups excluding carboxylic acids is 1. The zero-order chi connectivity index (χ0) is 13.3. The van der Waals surface area contributed by atoms with E-state index in [1.165, 1.54) is 0 Å². The van der Waals surface area contributed by atoms with Gasteiger partial charge in [-0.25, -0.2) is 0 Å². The van der Waals surface area contributed by atoms with E-state index in [1.807, 2.05) is 19.0 Å². The number of hydrogen-bond donors (Lipinski definition) is 2. The van der Waals surface area contributed by atoms with Crippen molar-refractivity contribution < 1.29 is 9.53 Å². The maximum Gasteiger partial charge on any atom is 0.245 e. The topological polar surface area (TPSA) is 67.6 Å². The summed E-state index contributed by atoms with van der Waals surface area (Å²) in [7, 11) is 3.93. The van der Waals surface area contributed by atoms with E-state index >= 15 is 0 Å². The molecule has 1 unspecified atom stereocenters. The highest BCUT2D eigenvalue weighted by Crippen LogP contribution is 2.37. The van der Waals surface area contributed by atoms with Gasteiger partial charge < -0.3 is 20.7 Å². The van der Waals surface area contributed by atoms with E-state index in [-0.39, 0.29) is 5.91 Å². The standard InChI is InChI=1S/C12H16ClN3O2/c1-16(2)3-4-18-10-6-9-7(5-8(10)13)11(14)12(17)15-9/h5-6,11H,3-4,14H2,1-2H3,(H,15,17). The van der Waals surface area contributed by atoms with E-state index in [0.717, 1.165) is 6.54 Å². The van der Waals surface area contributed by atoms with Crippen LogP contribution >= 0.6 is 11.6 Å². The molecule has 98 valence electrons. The fraction of sp³-hybridized carbons (Fsp3) is 0.417. The predicted octanol–water partition coefficient (Wildman–Crippen LogP) is 1.23. The zero-order valence-corrected chi connectivity index (χ0v) is 11.1. The van der Waals surface area contributed by atoms with E-state index < -0.39 is 6.04 Å². The SMILES string of the molecule is CN(C)CCOc1cc2c(cc1Cl)C(N)C(=O)N2. The van der Waals surface area contributed by atoms with Gasteiger partial charge in [0.05, 0.1) is 5.02 Å². The molecule has 0 saturated carbocycles. The number of rotatable bonds is 4. The lowest BCUT2D eigenvalue weighted by atomic mass is 10.1. The van der Waals surface area contributed by atoms with Crippen molar-refractivity contribution in [1.82, 2.24) is 4.90 Å². The smallest absolute Gasteiger partial charge is 0.245 e. The molecule has 1 amide bonds. The Hall–Kier alpha value is -1.30. The van der Waals surface area contributed by atoms with E-state index in [1.54, 1.807) is 12.1 Å². The fourth-order valence-electron chi connectivity index (χ4n) is 1.73. The lowest BCUT2D eigenvalue weighted by molar-refractivity contribution is -0.116. The summed E-state index contributed by atoms with van der Waals surface area (Å²) in [6.45, 7) is 1.32. The van der Waals surface area contributed by atoms with Gasteiger partial charge in [-0.15, -0.1) is 0 Å². The maximum absolute atomic E-state index is 11.4. The maximum atomic E-state index is 11.4. The number of fused-ring (bicyclic) bond motifs is 1. The normalized spacial score (nSPS) is 17.8. The first kappa shape index (κ1) is 13.1. The van der Waals surface area contributed by atoms with Gasteiger partial charge in [0.25, 0.3) is 0 Å². The van der Waals surface area contributed by atoms with Crippen LogP contribution in [0.1, 0.15) is 11.6 Å². The van der Waals surface area contributed by atoms with Gasteiger partial charge >= 0.3 is 0 Å². The highest BCUT2D eigenvalue weighted by atomic mass is 35.5. The fourth-order valence-corrected chi connectivity index (χ4v) is 1.96. The molecule has 0 fully saturated rings. The summed E-state index contributed by atoms with van der Waals surface area (Å²) in [5, 5.41) is 3.17. The van der Waals surface area contributed by atoms with Gasteiger partial charge in [-0.1, -0.05) is 11.6 Å². The van der Waals surface area contributed by atoms with Crippen LogP contribution in [0.15, 0.2) is 12.1 Å². The molecule has 6 heteroatoms.